The number of nitrogens with zero attached hydrogens (tertiary/aromatic N) is 4. The average Bonchev–Trinajstić information content (AvgIpc) is 3.23. The standard InChI is InChI=1S/C21H39N5O5.HI/c1-5-31-21(28)25-10-7-18(8-11-25)23-20(22-14-19(27)24(2)3)26-9-6-17(15-26)16-30-13-12-29-4;/h17-18H,5-16H2,1-4H3,(H,22,23);1H. The van der Waals surface area contributed by atoms with Crippen LogP contribution in [0.2, 0.25) is 0 Å². The van der Waals surface area contributed by atoms with Gasteiger partial charge in [-0.1, -0.05) is 0 Å². The van der Waals surface area contributed by atoms with Crippen molar-refractivity contribution in [3.05, 3.63) is 0 Å². The van der Waals surface area contributed by atoms with Gasteiger partial charge in [-0.2, -0.15) is 0 Å². The van der Waals surface area contributed by atoms with Gasteiger partial charge in [0.2, 0.25) is 5.91 Å². The van der Waals surface area contributed by atoms with E-state index < -0.39 is 0 Å². The van der Waals surface area contributed by atoms with Crippen molar-refractivity contribution in [2.75, 3.05) is 80.4 Å². The number of hydrogen-bond acceptors (Lipinski definition) is 6. The molecule has 1 atom stereocenters. The zero-order valence-corrected chi connectivity index (χ0v) is 22.2. The lowest BCUT2D eigenvalue weighted by Gasteiger charge is -2.34. The molecule has 1 N–H and O–H groups in total. The van der Waals surface area contributed by atoms with Crippen molar-refractivity contribution in [1.29, 1.82) is 0 Å². The van der Waals surface area contributed by atoms with Gasteiger partial charge in [0.05, 0.1) is 26.4 Å². The van der Waals surface area contributed by atoms with Crippen LogP contribution < -0.4 is 5.32 Å². The highest BCUT2D eigenvalue weighted by molar-refractivity contribution is 14.0. The summed E-state index contributed by atoms with van der Waals surface area (Å²) in [6.45, 7) is 7.23. The third-order valence-electron chi connectivity index (χ3n) is 5.59. The Kier molecular flexibility index (Phi) is 13.9. The number of rotatable bonds is 9. The van der Waals surface area contributed by atoms with Gasteiger partial charge in [-0.15, -0.1) is 24.0 Å². The Morgan fingerprint density at radius 3 is 2.41 bits per heavy atom. The van der Waals surface area contributed by atoms with Gasteiger partial charge in [-0.05, 0) is 26.2 Å². The van der Waals surface area contributed by atoms with Gasteiger partial charge in [0.1, 0.15) is 6.54 Å². The normalized spacial score (nSPS) is 19.5. The fraction of sp³-hybridized carbons (Fsp3) is 0.857. The summed E-state index contributed by atoms with van der Waals surface area (Å²) in [6, 6.07) is 0.205. The quantitative estimate of drug-likeness (QED) is 0.193. The van der Waals surface area contributed by atoms with E-state index in [1.165, 1.54) is 0 Å². The van der Waals surface area contributed by atoms with Crippen molar-refractivity contribution in [3.63, 3.8) is 0 Å². The number of likely N-dealkylation sites (N-methyl/N-ethyl adjacent to an activating group) is 1. The summed E-state index contributed by atoms with van der Waals surface area (Å²) < 4.78 is 15.8. The van der Waals surface area contributed by atoms with Crippen molar-refractivity contribution in [3.8, 4) is 0 Å². The molecule has 2 amide bonds. The number of nitrogens with one attached hydrogen (secondary N) is 1. The van der Waals surface area contributed by atoms with Gasteiger partial charge in [0, 0.05) is 59.3 Å². The number of carbonyl (C=O) groups excluding carboxylic acids is 2. The predicted octanol–water partition coefficient (Wildman–Crippen LogP) is 1.24. The van der Waals surface area contributed by atoms with Gasteiger partial charge >= 0.3 is 6.09 Å². The summed E-state index contributed by atoms with van der Waals surface area (Å²) in [5, 5.41) is 3.55. The number of likely N-dealkylation sites (tertiary alicyclic amines) is 2. The van der Waals surface area contributed by atoms with Gasteiger partial charge in [0.15, 0.2) is 5.96 Å². The fourth-order valence-electron chi connectivity index (χ4n) is 3.68. The molecular weight excluding hydrogens is 529 g/mol. The van der Waals surface area contributed by atoms with E-state index in [0.717, 1.165) is 38.3 Å². The zero-order chi connectivity index (χ0) is 22.6. The third kappa shape index (κ3) is 9.65. The molecule has 0 aromatic heterocycles. The van der Waals surface area contributed by atoms with Crippen molar-refractivity contribution in [1.82, 2.24) is 20.0 Å². The first-order valence-corrected chi connectivity index (χ1v) is 11.2. The summed E-state index contributed by atoms with van der Waals surface area (Å²) in [4.78, 5) is 34.1. The van der Waals surface area contributed by atoms with Gasteiger partial charge in [-0.25, -0.2) is 9.79 Å². The molecule has 10 nitrogen and oxygen atoms in total. The molecule has 186 valence electrons. The molecule has 0 radical (unpaired) electrons. The van der Waals surface area contributed by atoms with Crippen molar-refractivity contribution < 1.29 is 23.8 Å². The molecule has 2 saturated heterocycles. The molecule has 2 heterocycles. The van der Waals surface area contributed by atoms with E-state index in [1.54, 1.807) is 31.0 Å². The fourth-order valence-corrected chi connectivity index (χ4v) is 3.68. The van der Waals surface area contributed by atoms with E-state index in [0.29, 0.717) is 45.4 Å². The largest absolute Gasteiger partial charge is 0.450 e. The molecule has 1 unspecified atom stereocenters. The minimum absolute atomic E-state index is 0. The number of guanidine groups is 1. The molecule has 0 aromatic carbocycles. The number of piperidine rings is 1. The lowest BCUT2D eigenvalue weighted by molar-refractivity contribution is -0.127. The van der Waals surface area contributed by atoms with Gasteiger partial charge in [0.25, 0.3) is 0 Å². The van der Waals surface area contributed by atoms with Crippen LogP contribution in [0.1, 0.15) is 26.2 Å². The lowest BCUT2D eigenvalue weighted by Crippen LogP contribution is -2.51. The molecule has 2 rings (SSSR count). The van der Waals surface area contributed by atoms with Gasteiger partial charge < -0.3 is 34.2 Å². The number of halogens is 1. The maximum Gasteiger partial charge on any atom is 0.409 e. The summed E-state index contributed by atoms with van der Waals surface area (Å²) in [6.07, 6.45) is 2.41. The molecule has 0 bridgehead atoms. The first-order valence-electron chi connectivity index (χ1n) is 11.2. The van der Waals surface area contributed by atoms with E-state index in [1.807, 2.05) is 6.92 Å². The van der Waals surface area contributed by atoms with Crippen molar-refractivity contribution in [2.24, 2.45) is 10.9 Å². The summed E-state index contributed by atoms with van der Waals surface area (Å²) in [5.74, 6) is 1.17. The molecule has 11 heteroatoms. The van der Waals surface area contributed by atoms with Crippen LogP contribution in [-0.2, 0) is 19.0 Å². The molecule has 0 spiro atoms. The average molecular weight is 569 g/mol. The Morgan fingerprint density at radius 1 is 1.09 bits per heavy atom. The molecule has 2 fully saturated rings. The van der Waals surface area contributed by atoms with Crippen LogP contribution in [0, 0.1) is 5.92 Å². The maximum atomic E-state index is 12.1. The number of aliphatic imine (C=N–C) groups is 1. The van der Waals surface area contributed by atoms with Crippen molar-refractivity contribution >= 4 is 41.9 Å². The van der Waals surface area contributed by atoms with Crippen LogP contribution in [0.5, 0.6) is 0 Å². The van der Waals surface area contributed by atoms with Gasteiger partial charge in [-0.3, -0.25) is 4.79 Å². The highest BCUT2D eigenvalue weighted by Gasteiger charge is 2.29. The van der Waals surface area contributed by atoms with E-state index >= 15 is 0 Å². The Balaban J connectivity index is 0.00000512. The summed E-state index contributed by atoms with van der Waals surface area (Å²) in [5.41, 5.74) is 0. The molecule has 2 aliphatic rings. The highest BCUT2D eigenvalue weighted by atomic mass is 127. The number of hydrogen-bond donors (Lipinski definition) is 1. The number of amides is 2. The smallest absolute Gasteiger partial charge is 0.409 e. The number of ether oxygens (including phenoxy) is 3. The SMILES string of the molecule is CCOC(=O)N1CCC(NC(=NCC(=O)N(C)C)N2CCC(COCCOC)C2)CC1.I. The zero-order valence-electron chi connectivity index (χ0n) is 19.9. The van der Waals surface area contributed by atoms with Crippen LogP contribution in [-0.4, -0.2) is 119 Å². The molecule has 0 saturated carbocycles. The Bertz CT molecular complexity index is 599. The number of carbonyl (C=O) groups is 2. The Labute approximate surface area is 209 Å². The molecule has 0 aliphatic carbocycles. The van der Waals surface area contributed by atoms with Crippen LogP contribution in [0.15, 0.2) is 4.99 Å². The minimum atomic E-state index is -0.248. The minimum Gasteiger partial charge on any atom is -0.450 e. The van der Waals surface area contributed by atoms with E-state index in [2.05, 4.69) is 15.2 Å². The van der Waals surface area contributed by atoms with E-state index in [-0.39, 0.29) is 48.6 Å². The van der Waals surface area contributed by atoms with Crippen molar-refractivity contribution in [2.45, 2.75) is 32.2 Å². The first kappa shape index (κ1) is 28.7. The molecular formula is C21H40IN5O5. The van der Waals surface area contributed by atoms with E-state index in [4.69, 9.17) is 14.2 Å². The molecule has 2 aliphatic heterocycles. The monoisotopic (exact) mass is 569 g/mol. The van der Waals surface area contributed by atoms with Crippen LogP contribution in [0.25, 0.3) is 0 Å². The summed E-state index contributed by atoms with van der Waals surface area (Å²) in [7, 11) is 5.14. The lowest BCUT2D eigenvalue weighted by atomic mass is 10.1. The molecule has 32 heavy (non-hydrogen) atoms. The predicted molar refractivity (Wildman–Crippen MR) is 134 cm³/mol. The Morgan fingerprint density at radius 2 is 1.78 bits per heavy atom. The molecule has 0 aromatic rings. The second kappa shape index (κ2) is 15.5. The Hall–Kier alpha value is -1.34. The first-order chi connectivity index (χ1) is 14.9. The topological polar surface area (TPSA) is 95.9 Å². The second-order valence-corrected chi connectivity index (χ2v) is 8.20. The second-order valence-electron chi connectivity index (χ2n) is 8.20. The number of methoxy groups -OCH3 is 1. The van der Waals surface area contributed by atoms with E-state index in [9.17, 15) is 9.59 Å². The van der Waals surface area contributed by atoms with Crippen LogP contribution >= 0.6 is 24.0 Å². The van der Waals surface area contributed by atoms with Crippen LogP contribution in [0.4, 0.5) is 4.79 Å². The summed E-state index contributed by atoms with van der Waals surface area (Å²) >= 11 is 0. The highest BCUT2D eigenvalue weighted by Crippen LogP contribution is 2.18. The maximum absolute atomic E-state index is 12.1. The third-order valence-corrected chi connectivity index (χ3v) is 5.59. The van der Waals surface area contributed by atoms with Crippen LogP contribution in [0.3, 0.4) is 0 Å².